The van der Waals surface area contributed by atoms with Gasteiger partial charge < -0.3 is 19.5 Å². The van der Waals surface area contributed by atoms with Gasteiger partial charge in [-0.15, -0.1) is 0 Å². The van der Waals surface area contributed by atoms with Crippen LogP contribution in [-0.4, -0.2) is 34.8 Å². The van der Waals surface area contributed by atoms with E-state index in [0.717, 1.165) is 21.0 Å². The summed E-state index contributed by atoms with van der Waals surface area (Å²) in [7, 11) is -2.73. The number of hydrogen-bond acceptors (Lipinski definition) is 6. The predicted molar refractivity (Wildman–Crippen MR) is 129 cm³/mol. The van der Waals surface area contributed by atoms with Crippen LogP contribution in [0.3, 0.4) is 0 Å². The van der Waals surface area contributed by atoms with Crippen LogP contribution in [0.25, 0.3) is 0 Å². The molecule has 0 fully saturated rings. The molecule has 0 radical (unpaired) electrons. The fraction of sp³-hybridized carbons (Fsp3) is 0.240. The number of rotatable bonds is 7. The molecular weight excluding hydrogens is 456 g/mol. The SMILES string of the molecule is COc1ccc(C)cc1S(=O)(=O)N(CC(=O)Nc1ccc2c(c1)OCO2)c1cc(C)cc(C)c1. The van der Waals surface area contributed by atoms with Gasteiger partial charge in [-0.1, -0.05) is 12.1 Å². The normalized spacial score (nSPS) is 12.4. The molecule has 9 heteroatoms. The molecule has 0 aliphatic carbocycles. The minimum absolute atomic E-state index is 0.00922. The Morgan fingerprint density at radius 2 is 1.65 bits per heavy atom. The van der Waals surface area contributed by atoms with Crippen molar-refractivity contribution in [2.45, 2.75) is 25.7 Å². The molecule has 0 atom stereocenters. The first-order chi connectivity index (χ1) is 16.2. The predicted octanol–water partition coefficient (Wildman–Crippen LogP) is 4.18. The maximum Gasteiger partial charge on any atom is 0.268 e. The highest BCUT2D eigenvalue weighted by Gasteiger charge is 2.30. The Morgan fingerprint density at radius 1 is 0.941 bits per heavy atom. The Morgan fingerprint density at radius 3 is 2.35 bits per heavy atom. The molecule has 1 heterocycles. The molecule has 1 aliphatic rings. The van der Waals surface area contributed by atoms with E-state index in [1.165, 1.54) is 7.11 Å². The first-order valence-corrected chi connectivity index (χ1v) is 12.1. The van der Waals surface area contributed by atoms with Gasteiger partial charge in [0.15, 0.2) is 11.5 Å². The lowest BCUT2D eigenvalue weighted by atomic mass is 10.1. The summed E-state index contributed by atoms with van der Waals surface area (Å²) in [5, 5.41) is 2.75. The molecule has 0 bridgehead atoms. The molecule has 3 aromatic rings. The number of carbonyl (C=O) groups is 1. The monoisotopic (exact) mass is 482 g/mol. The zero-order chi connectivity index (χ0) is 24.5. The molecule has 0 unspecified atom stereocenters. The maximum atomic E-state index is 13.9. The lowest BCUT2D eigenvalue weighted by Crippen LogP contribution is -2.38. The first-order valence-electron chi connectivity index (χ1n) is 10.6. The van der Waals surface area contributed by atoms with E-state index >= 15 is 0 Å². The van der Waals surface area contributed by atoms with Crippen molar-refractivity contribution in [1.82, 2.24) is 0 Å². The highest BCUT2D eigenvalue weighted by Crippen LogP contribution is 2.35. The third kappa shape index (κ3) is 4.79. The summed E-state index contributed by atoms with van der Waals surface area (Å²) in [5.41, 5.74) is 3.37. The van der Waals surface area contributed by atoms with Crippen LogP contribution in [0, 0.1) is 20.8 Å². The molecule has 0 aromatic heterocycles. The smallest absolute Gasteiger partial charge is 0.268 e. The topological polar surface area (TPSA) is 94.2 Å². The number of ether oxygens (including phenoxy) is 3. The van der Waals surface area contributed by atoms with Crippen molar-refractivity contribution < 1.29 is 27.4 Å². The van der Waals surface area contributed by atoms with Crippen LogP contribution in [0.15, 0.2) is 59.5 Å². The van der Waals surface area contributed by atoms with Crippen molar-refractivity contribution in [1.29, 1.82) is 0 Å². The quantitative estimate of drug-likeness (QED) is 0.543. The third-order valence-corrected chi connectivity index (χ3v) is 7.12. The maximum absolute atomic E-state index is 13.9. The number of carbonyl (C=O) groups excluding carboxylic acids is 1. The molecule has 178 valence electrons. The summed E-state index contributed by atoms with van der Waals surface area (Å²) in [6, 6.07) is 15.3. The molecule has 0 saturated carbocycles. The van der Waals surface area contributed by atoms with Gasteiger partial charge in [0.25, 0.3) is 10.0 Å². The Kier molecular flexibility index (Phi) is 6.39. The van der Waals surface area contributed by atoms with E-state index in [9.17, 15) is 13.2 Å². The molecule has 0 spiro atoms. The van der Waals surface area contributed by atoms with Gasteiger partial charge in [0.05, 0.1) is 12.8 Å². The van der Waals surface area contributed by atoms with E-state index in [-0.39, 0.29) is 17.4 Å². The molecule has 34 heavy (non-hydrogen) atoms. The Balaban J connectivity index is 1.71. The van der Waals surface area contributed by atoms with E-state index in [4.69, 9.17) is 14.2 Å². The zero-order valence-electron chi connectivity index (χ0n) is 19.4. The second kappa shape index (κ2) is 9.26. The summed E-state index contributed by atoms with van der Waals surface area (Å²) in [5.74, 6) is 0.800. The molecule has 3 aromatic carbocycles. The lowest BCUT2D eigenvalue weighted by Gasteiger charge is -2.26. The van der Waals surface area contributed by atoms with Crippen molar-refractivity contribution in [2.75, 3.05) is 30.1 Å². The number of nitrogens with zero attached hydrogens (tertiary/aromatic N) is 1. The zero-order valence-corrected chi connectivity index (χ0v) is 20.2. The van der Waals surface area contributed by atoms with Crippen LogP contribution in [0.2, 0.25) is 0 Å². The number of anilines is 2. The first kappa shape index (κ1) is 23.4. The summed E-state index contributed by atoms with van der Waals surface area (Å²) in [6.45, 7) is 5.23. The molecule has 1 aliphatic heterocycles. The average Bonchev–Trinajstić information content (AvgIpc) is 3.24. The summed E-state index contributed by atoms with van der Waals surface area (Å²) >= 11 is 0. The number of benzene rings is 3. The second-order valence-corrected chi connectivity index (χ2v) is 9.96. The van der Waals surface area contributed by atoms with Crippen LogP contribution < -0.4 is 23.8 Å². The van der Waals surface area contributed by atoms with Crippen LogP contribution in [0.4, 0.5) is 11.4 Å². The van der Waals surface area contributed by atoms with Crippen molar-refractivity contribution in [3.8, 4) is 17.2 Å². The molecule has 1 amide bonds. The van der Waals surface area contributed by atoms with Gasteiger partial charge >= 0.3 is 0 Å². The third-order valence-electron chi connectivity index (χ3n) is 5.33. The second-order valence-electron chi connectivity index (χ2n) is 8.13. The number of methoxy groups -OCH3 is 1. The largest absolute Gasteiger partial charge is 0.495 e. The van der Waals surface area contributed by atoms with E-state index in [1.54, 1.807) is 55.5 Å². The number of nitrogens with one attached hydrogen (secondary N) is 1. The molecular formula is C25H26N2O6S. The minimum Gasteiger partial charge on any atom is -0.495 e. The van der Waals surface area contributed by atoms with Gasteiger partial charge in [-0.3, -0.25) is 9.10 Å². The van der Waals surface area contributed by atoms with Gasteiger partial charge in [0.2, 0.25) is 12.7 Å². The summed E-state index contributed by atoms with van der Waals surface area (Å²) < 4.78 is 44.8. The van der Waals surface area contributed by atoms with Crippen LogP contribution in [-0.2, 0) is 14.8 Å². The van der Waals surface area contributed by atoms with Crippen LogP contribution >= 0.6 is 0 Å². The van der Waals surface area contributed by atoms with Crippen molar-refractivity contribution in [2.24, 2.45) is 0 Å². The molecule has 1 N–H and O–H groups in total. The lowest BCUT2D eigenvalue weighted by molar-refractivity contribution is -0.114. The van der Waals surface area contributed by atoms with Crippen LogP contribution in [0.1, 0.15) is 16.7 Å². The van der Waals surface area contributed by atoms with Gasteiger partial charge in [-0.2, -0.15) is 0 Å². The molecule has 0 saturated heterocycles. The molecule has 4 rings (SSSR count). The van der Waals surface area contributed by atoms with E-state index in [2.05, 4.69) is 5.32 Å². The number of sulfonamides is 1. The van der Waals surface area contributed by atoms with Gasteiger partial charge in [0, 0.05) is 11.8 Å². The highest BCUT2D eigenvalue weighted by molar-refractivity contribution is 7.93. The number of hydrogen-bond donors (Lipinski definition) is 1. The summed E-state index contributed by atoms with van der Waals surface area (Å²) in [4.78, 5) is 13.0. The standard InChI is InChI=1S/C25H26N2O6S/c1-16-5-7-22(31-4)24(12-16)34(29,30)27(20-10-17(2)9-18(3)11-20)14-25(28)26-19-6-8-21-23(13-19)33-15-32-21/h5-13H,14-15H2,1-4H3,(H,26,28). The van der Waals surface area contributed by atoms with Crippen molar-refractivity contribution in [3.63, 3.8) is 0 Å². The van der Waals surface area contributed by atoms with E-state index in [1.807, 2.05) is 19.9 Å². The fourth-order valence-corrected chi connectivity index (χ4v) is 5.47. The van der Waals surface area contributed by atoms with Crippen molar-refractivity contribution in [3.05, 3.63) is 71.3 Å². The highest BCUT2D eigenvalue weighted by atomic mass is 32.2. The number of amides is 1. The van der Waals surface area contributed by atoms with E-state index in [0.29, 0.717) is 22.9 Å². The number of fused-ring (bicyclic) bond motifs is 1. The minimum atomic E-state index is -4.15. The number of aryl methyl sites for hydroxylation is 3. The Bertz CT molecular complexity index is 1330. The molecule has 8 nitrogen and oxygen atoms in total. The summed E-state index contributed by atoms with van der Waals surface area (Å²) in [6.07, 6.45) is 0. The van der Waals surface area contributed by atoms with E-state index < -0.39 is 22.5 Å². The van der Waals surface area contributed by atoms with Crippen LogP contribution in [0.5, 0.6) is 17.2 Å². The van der Waals surface area contributed by atoms with Gasteiger partial charge in [-0.25, -0.2) is 8.42 Å². The fourth-order valence-electron chi connectivity index (χ4n) is 3.82. The Labute approximate surface area is 199 Å². The average molecular weight is 483 g/mol. The Hall–Kier alpha value is -3.72. The van der Waals surface area contributed by atoms with Crippen molar-refractivity contribution >= 4 is 27.3 Å². The van der Waals surface area contributed by atoms with Gasteiger partial charge in [0.1, 0.15) is 17.2 Å². The van der Waals surface area contributed by atoms with Gasteiger partial charge in [-0.05, 0) is 73.9 Å².